The molecule has 0 radical (unpaired) electrons. The molecule has 2 aliphatic rings. The van der Waals surface area contributed by atoms with Gasteiger partial charge >= 0.3 is 0 Å². The highest BCUT2D eigenvalue weighted by atomic mass is 127. The summed E-state index contributed by atoms with van der Waals surface area (Å²) in [5, 5.41) is 0. The lowest BCUT2D eigenvalue weighted by atomic mass is 9.77. The summed E-state index contributed by atoms with van der Waals surface area (Å²) in [4.78, 5) is 11.9. The SMILES string of the molecule is O=c1cc(I)cc2n1CC1CCC[C@@H]2C1. The Morgan fingerprint density at radius 2 is 2.20 bits per heavy atom. The number of aromatic nitrogens is 1. The molecule has 3 heteroatoms. The monoisotopic (exact) mass is 315 g/mol. The Bertz CT molecular complexity index is 451. The normalized spacial score (nSPS) is 28.6. The van der Waals surface area contributed by atoms with Crippen LogP contribution in [0.4, 0.5) is 0 Å². The first-order chi connectivity index (χ1) is 7.24. The lowest BCUT2D eigenvalue weighted by Crippen LogP contribution is -2.35. The number of pyridine rings is 1. The summed E-state index contributed by atoms with van der Waals surface area (Å²) in [6, 6.07) is 3.96. The highest BCUT2D eigenvalue weighted by Crippen LogP contribution is 2.40. The molecule has 2 nitrogen and oxygen atoms in total. The van der Waals surface area contributed by atoms with Crippen LogP contribution in [0.15, 0.2) is 16.9 Å². The molecule has 1 aliphatic carbocycles. The maximum Gasteiger partial charge on any atom is 0.251 e. The van der Waals surface area contributed by atoms with Gasteiger partial charge in [-0.25, -0.2) is 0 Å². The summed E-state index contributed by atoms with van der Waals surface area (Å²) >= 11 is 2.25. The molecular weight excluding hydrogens is 301 g/mol. The van der Waals surface area contributed by atoms with Crippen molar-refractivity contribution in [1.29, 1.82) is 0 Å². The van der Waals surface area contributed by atoms with Crippen LogP contribution in [0.1, 0.15) is 37.3 Å². The molecule has 0 N–H and O–H groups in total. The molecule has 1 aromatic rings. The zero-order valence-electron chi connectivity index (χ0n) is 8.58. The van der Waals surface area contributed by atoms with E-state index in [0.717, 1.165) is 16.0 Å². The van der Waals surface area contributed by atoms with Crippen molar-refractivity contribution < 1.29 is 0 Å². The van der Waals surface area contributed by atoms with E-state index in [4.69, 9.17) is 0 Å². The molecule has 3 rings (SSSR count). The molecule has 0 aromatic carbocycles. The molecule has 0 spiro atoms. The van der Waals surface area contributed by atoms with Crippen molar-refractivity contribution in [2.75, 3.05) is 0 Å². The minimum Gasteiger partial charge on any atom is -0.312 e. The molecule has 2 bridgehead atoms. The summed E-state index contributed by atoms with van der Waals surface area (Å²) in [6.07, 6.45) is 5.24. The quantitative estimate of drug-likeness (QED) is 0.675. The van der Waals surface area contributed by atoms with Crippen LogP contribution in [0.3, 0.4) is 0 Å². The van der Waals surface area contributed by atoms with Gasteiger partial charge in [0.2, 0.25) is 0 Å². The van der Waals surface area contributed by atoms with Crippen molar-refractivity contribution in [1.82, 2.24) is 4.57 Å². The van der Waals surface area contributed by atoms with Gasteiger partial charge in [0.15, 0.2) is 0 Å². The van der Waals surface area contributed by atoms with Gasteiger partial charge in [-0.1, -0.05) is 6.42 Å². The number of halogens is 1. The molecule has 1 fully saturated rings. The first-order valence-electron chi connectivity index (χ1n) is 5.64. The maximum atomic E-state index is 11.9. The van der Waals surface area contributed by atoms with E-state index in [1.807, 2.05) is 4.57 Å². The Morgan fingerprint density at radius 1 is 1.33 bits per heavy atom. The zero-order valence-corrected chi connectivity index (χ0v) is 10.7. The van der Waals surface area contributed by atoms with E-state index in [1.165, 1.54) is 31.4 Å². The van der Waals surface area contributed by atoms with Crippen LogP contribution in [0.25, 0.3) is 0 Å². The van der Waals surface area contributed by atoms with Crippen molar-refractivity contribution in [2.45, 2.75) is 38.1 Å². The topological polar surface area (TPSA) is 22.0 Å². The maximum absolute atomic E-state index is 11.9. The lowest BCUT2D eigenvalue weighted by Gasteiger charge is -2.36. The second kappa shape index (κ2) is 3.61. The number of hydrogen-bond donors (Lipinski definition) is 0. The highest BCUT2D eigenvalue weighted by molar-refractivity contribution is 14.1. The van der Waals surface area contributed by atoms with Crippen molar-refractivity contribution >= 4 is 22.6 Å². The largest absolute Gasteiger partial charge is 0.312 e. The van der Waals surface area contributed by atoms with Gasteiger partial charge in [0, 0.05) is 21.9 Å². The van der Waals surface area contributed by atoms with Crippen molar-refractivity contribution in [3.05, 3.63) is 31.8 Å². The van der Waals surface area contributed by atoms with Crippen LogP contribution in [0.5, 0.6) is 0 Å². The van der Waals surface area contributed by atoms with E-state index in [9.17, 15) is 4.79 Å². The third-order valence-corrected chi connectivity index (χ3v) is 4.39. The van der Waals surface area contributed by atoms with Gasteiger partial charge in [-0.15, -0.1) is 0 Å². The Hall–Kier alpha value is -0.320. The van der Waals surface area contributed by atoms with Crippen LogP contribution in [0, 0.1) is 9.49 Å². The summed E-state index contributed by atoms with van der Waals surface area (Å²) in [7, 11) is 0. The molecule has 15 heavy (non-hydrogen) atoms. The average Bonchev–Trinajstić information content (AvgIpc) is 2.21. The van der Waals surface area contributed by atoms with E-state index in [1.54, 1.807) is 6.07 Å². The number of rotatable bonds is 0. The standard InChI is InChI=1S/C12H14INO/c13-10-5-11-9-3-1-2-8(4-9)7-14(11)12(15)6-10/h5-6,8-9H,1-4,7H2/t8?,9-/m1/s1. The third kappa shape index (κ3) is 1.65. The summed E-state index contributed by atoms with van der Waals surface area (Å²) < 4.78 is 3.10. The van der Waals surface area contributed by atoms with Gasteiger partial charge in [0.25, 0.3) is 5.56 Å². The summed E-state index contributed by atoms with van der Waals surface area (Å²) in [5.74, 6) is 1.41. The van der Waals surface area contributed by atoms with Gasteiger partial charge in [-0.05, 0) is 59.8 Å². The van der Waals surface area contributed by atoms with Crippen molar-refractivity contribution in [2.24, 2.45) is 5.92 Å². The second-order valence-corrected chi connectivity index (χ2v) is 6.02. The number of nitrogens with zero attached hydrogens (tertiary/aromatic N) is 1. The fourth-order valence-corrected chi connectivity index (χ4v) is 3.69. The molecule has 1 aliphatic heterocycles. The third-order valence-electron chi connectivity index (χ3n) is 3.77. The lowest BCUT2D eigenvalue weighted by molar-refractivity contribution is 0.240. The summed E-state index contributed by atoms with van der Waals surface area (Å²) in [5.41, 5.74) is 1.50. The van der Waals surface area contributed by atoms with Crippen LogP contribution in [-0.4, -0.2) is 4.57 Å². The molecular formula is C12H14INO. The van der Waals surface area contributed by atoms with Gasteiger partial charge in [0.05, 0.1) is 0 Å². The smallest absolute Gasteiger partial charge is 0.251 e. The molecule has 80 valence electrons. The van der Waals surface area contributed by atoms with Gasteiger partial charge in [0.1, 0.15) is 0 Å². The van der Waals surface area contributed by atoms with E-state index < -0.39 is 0 Å². The Kier molecular flexibility index (Phi) is 2.38. The molecule has 1 aromatic heterocycles. The fraction of sp³-hybridized carbons (Fsp3) is 0.583. The van der Waals surface area contributed by atoms with Crippen molar-refractivity contribution in [3.63, 3.8) is 0 Å². The van der Waals surface area contributed by atoms with Gasteiger partial charge < -0.3 is 4.57 Å². The van der Waals surface area contributed by atoms with Crippen LogP contribution < -0.4 is 5.56 Å². The molecule has 0 amide bonds. The number of fused-ring (bicyclic) bond motifs is 4. The van der Waals surface area contributed by atoms with Crippen LogP contribution in [-0.2, 0) is 6.54 Å². The Balaban J connectivity index is 2.17. The molecule has 1 unspecified atom stereocenters. The second-order valence-electron chi connectivity index (χ2n) is 4.78. The van der Waals surface area contributed by atoms with Gasteiger partial charge in [-0.2, -0.15) is 0 Å². The molecule has 2 heterocycles. The highest BCUT2D eigenvalue weighted by Gasteiger charge is 2.30. The van der Waals surface area contributed by atoms with Crippen molar-refractivity contribution in [3.8, 4) is 0 Å². The van der Waals surface area contributed by atoms with Gasteiger partial charge in [-0.3, -0.25) is 4.79 Å². The molecule has 1 saturated carbocycles. The van der Waals surface area contributed by atoms with Crippen LogP contribution in [0.2, 0.25) is 0 Å². The first kappa shape index (κ1) is 9.87. The average molecular weight is 315 g/mol. The minimum atomic E-state index is 0.202. The predicted molar refractivity (Wildman–Crippen MR) is 68.1 cm³/mol. The molecule has 0 saturated heterocycles. The van der Waals surface area contributed by atoms with E-state index in [2.05, 4.69) is 28.7 Å². The first-order valence-corrected chi connectivity index (χ1v) is 6.72. The van der Waals surface area contributed by atoms with E-state index in [-0.39, 0.29) is 5.56 Å². The van der Waals surface area contributed by atoms with E-state index >= 15 is 0 Å². The minimum absolute atomic E-state index is 0.202. The number of hydrogen-bond acceptors (Lipinski definition) is 1. The Labute approximate surface area is 103 Å². The molecule has 2 atom stereocenters. The van der Waals surface area contributed by atoms with Crippen LogP contribution >= 0.6 is 22.6 Å². The zero-order chi connectivity index (χ0) is 10.4. The predicted octanol–water partition coefficient (Wildman–Crippen LogP) is 2.74. The Morgan fingerprint density at radius 3 is 3.07 bits per heavy atom. The van der Waals surface area contributed by atoms with E-state index in [0.29, 0.717) is 5.92 Å². The fourth-order valence-electron chi connectivity index (χ4n) is 3.10. The summed E-state index contributed by atoms with van der Waals surface area (Å²) in [6.45, 7) is 0.960.